The standard InChI is InChI=1S/C20H24N6O/c1-14(2)11-16-12-24(13-19-23-22-15(3)26(16)19)20(27)17-7-4-5-8-18(17)25-10-6-9-21-25/h4-10,14,16H,11-13H2,1-3H3/t16-/m0/s1. The summed E-state index contributed by atoms with van der Waals surface area (Å²) in [5, 5.41) is 12.8. The van der Waals surface area contributed by atoms with Crippen molar-refractivity contribution in [3.8, 4) is 5.69 Å². The zero-order valence-corrected chi connectivity index (χ0v) is 15.9. The van der Waals surface area contributed by atoms with Gasteiger partial charge in [0.05, 0.1) is 23.8 Å². The van der Waals surface area contributed by atoms with Gasteiger partial charge in [-0.05, 0) is 37.5 Å². The van der Waals surface area contributed by atoms with E-state index in [1.807, 2.05) is 48.4 Å². The number of hydrogen-bond acceptors (Lipinski definition) is 4. The second-order valence-electron chi connectivity index (χ2n) is 7.47. The van der Waals surface area contributed by atoms with E-state index in [2.05, 4.69) is 33.7 Å². The Morgan fingerprint density at radius 1 is 1.22 bits per heavy atom. The smallest absolute Gasteiger partial charge is 0.256 e. The molecular weight excluding hydrogens is 340 g/mol. The maximum absolute atomic E-state index is 13.4. The van der Waals surface area contributed by atoms with Crippen LogP contribution in [0.4, 0.5) is 0 Å². The molecule has 7 nitrogen and oxygen atoms in total. The van der Waals surface area contributed by atoms with E-state index < -0.39 is 0 Å². The molecule has 1 amide bonds. The minimum absolute atomic E-state index is 0.00163. The molecule has 0 radical (unpaired) electrons. The molecule has 3 heterocycles. The number of para-hydroxylation sites is 1. The third-order valence-electron chi connectivity index (χ3n) is 4.98. The van der Waals surface area contributed by atoms with Crippen LogP contribution in [0.15, 0.2) is 42.7 Å². The number of fused-ring (bicyclic) bond motifs is 1. The molecule has 7 heteroatoms. The van der Waals surface area contributed by atoms with Gasteiger partial charge < -0.3 is 9.47 Å². The molecule has 0 N–H and O–H groups in total. The molecule has 140 valence electrons. The summed E-state index contributed by atoms with van der Waals surface area (Å²) < 4.78 is 3.93. The molecule has 1 atom stereocenters. The first kappa shape index (κ1) is 17.5. The number of carbonyl (C=O) groups excluding carboxylic acids is 1. The van der Waals surface area contributed by atoms with Crippen LogP contribution in [-0.4, -0.2) is 41.9 Å². The number of rotatable bonds is 4. The fourth-order valence-corrected chi connectivity index (χ4v) is 3.88. The van der Waals surface area contributed by atoms with Crippen LogP contribution >= 0.6 is 0 Å². The third-order valence-corrected chi connectivity index (χ3v) is 4.98. The fourth-order valence-electron chi connectivity index (χ4n) is 3.88. The maximum Gasteiger partial charge on any atom is 0.256 e. The minimum atomic E-state index is 0.00163. The van der Waals surface area contributed by atoms with Crippen LogP contribution < -0.4 is 0 Å². The van der Waals surface area contributed by atoms with Crippen LogP contribution in [0.25, 0.3) is 5.69 Å². The summed E-state index contributed by atoms with van der Waals surface area (Å²) in [6.07, 6.45) is 4.55. The van der Waals surface area contributed by atoms with Crippen molar-refractivity contribution < 1.29 is 4.79 Å². The Morgan fingerprint density at radius 2 is 2.04 bits per heavy atom. The van der Waals surface area contributed by atoms with Gasteiger partial charge in [0.25, 0.3) is 5.91 Å². The van der Waals surface area contributed by atoms with Gasteiger partial charge in [0.1, 0.15) is 5.82 Å². The highest BCUT2D eigenvalue weighted by Gasteiger charge is 2.32. The first-order valence-corrected chi connectivity index (χ1v) is 9.33. The van der Waals surface area contributed by atoms with Crippen molar-refractivity contribution in [2.75, 3.05) is 6.54 Å². The van der Waals surface area contributed by atoms with Crippen molar-refractivity contribution in [2.45, 2.75) is 39.8 Å². The first-order chi connectivity index (χ1) is 13.0. The number of benzene rings is 1. The van der Waals surface area contributed by atoms with E-state index in [4.69, 9.17) is 0 Å². The van der Waals surface area contributed by atoms with Crippen molar-refractivity contribution in [3.05, 3.63) is 59.9 Å². The van der Waals surface area contributed by atoms with E-state index >= 15 is 0 Å². The molecule has 1 aliphatic heterocycles. The van der Waals surface area contributed by atoms with Crippen molar-refractivity contribution in [1.82, 2.24) is 29.4 Å². The fraction of sp³-hybridized carbons (Fsp3) is 0.400. The molecule has 27 heavy (non-hydrogen) atoms. The number of carbonyl (C=O) groups is 1. The van der Waals surface area contributed by atoms with Crippen LogP contribution in [0, 0.1) is 12.8 Å². The van der Waals surface area contributed by atoms with Gasteiger partial charge in [0.2, 0.25) is 0 Å². The summed E-state index contributed by atoms with van der Waals surface area (Å²) in [5.41, 5.74) is 1.44. The largest absolute Gasteiger partial charge is 0.329 e. The van der Waals surface area contributed by atoms with Crippen molar-refractivity contribution >= 4 is 5.91 Å². The van der Waals surface area contributed by atoms with E-state index in [1.165, 1.54) is 0 Å². The Labute approximate surface area is 158 Å². The van der Waals surface area contributed by atoms with Crippen LogP contribution in [0.1, 0.15) is 48.3 Å². The predicted molar refractivity (Wildman–Crippen MR) is 102 cm³/mol. The normalized spacial score (nSPS) is 16.6. The lowest BCUT2D eigenvalue weighted by molar-refractivity contribution is 0.0660. The third kappa shape index (κ3) is 3.25. The van der Waals surface area contributed by atoms with Gasteiger partial charge in [-0.3, -0.25) is 4.79 Å². The van der Waals surface area contributed by atoms with Gasteiger partial charge in [-0.15, -0.1) is 10.2 Å². The number of hydrogen-bond donors (Lipinski definition) is 0. The van der Waals surface area contributed by atoms with Gasteiger partial charge in [-0.25, -0.2) is 4.68 Å². The van der Waals surface area contributed by atoms with E-state index in [1.54, 1.807) is 10.9 Å². The number of amides is 1. The van der Waals surface area contributed by atoms with E-state index in [9.17, 15) is 4.79 Å². The van der Waals surface area contributed by atoms with Gasteiger partial charge >= 0.3 is 0 Å². The van der Waals surface area contributed by atoms with Gasteiger partial charge in [-0.1, -0.05) is 26.0 Å². The summed E-state index contributed by atoms with van der Waals surface area (Å²) in [5.74, 6) is 2.30. The molecule has 1 aromatic carbocycles. The molecule has 0 fully saturated rings. The highest BCUT2D eigenvalue weighted by molar-refractivity contribution is 5.97. The van der Waals surface area contributed by atoms with Crippen LogP contribution in [0.3, 0.4) is 0 Å². The Bertz CT molecular complexity index is 943. The van der Waals surface area contributed by atoms with Crippen LogP contribution in [0.5, 0.6) is 0 Å². The van der Waals surface area contributed by atoms with Gasteiger partial charge in [0, 0.05) is 18.9 Å². The molecule has 1 aliphatic rings. The lowest BCUT2D eigenvalue weighted by atomic mass is 10.0. The lowest BCUT2D eigenvalue weighted by Crippen LogP contribution is -2.42. The van der Waals surface area contributed by atoms with E-state index in [0.29, 0.717) is 24.6 Å². The zero-order chi connectivity index (χ0) is 19.0. The average Bonchev–Trinajstić information content (AvgIpc) is 3.31. The van der Waals surface area contributed by atoms with Crippen LogP contribution in [-0.2, 0) is 6.54 Å². The molecule has 2 aromatic heterocycles. The maximum atomic E-state index is 13.4. The SMILES string of the molecule is Cc1nnc2n1[C@@H](CC(C)C)CN(C(=O)c1ccccc1-n1cccn1)C2. The summed E-state index contributed by atoms with van der Waals surface area (Å²) in [7, 11) is 0. The quantitative estimate of drug-likeness (QED) is 0.714. The Morgan fingerprint density at radius 3 is 2.78 bits per heavy atom. The van der Waals surface area contributed by atoms with Gasteiger partial charge in [-0.2, -0.15) is 5.10 Å². The molecular formula is C20H24N6O. The van der Waals surface area contributed by atoms with E-state index in [-0.39, 0.29) is 11.9 Å². The summed E-state index contributed by atoms with van der Waals surface area (Å²) in [4.78, 5) is 15.3. The molecule has 0 spiro atoms. The Kier molecular flexibility index (Phi) is 4.51. The number of aryl methyl sites for hydroxylation is 1. The van der Waals surface area contributed by atoms with E-state index in [0.717, 1.165) is 23.8 Å². The summed E-state index contributed by atoms with van der Waals surface area (Å²) in [6, 6.07) is 9.65. The summed E-state index contributed by atoms with van der Waals surface area (Å²) >= 11 is 0. The first-order valence-electron chi connectivity index (χ1n) is 9.33. The molecule has 0 bridgehead atoms. The van der Waals surface area contributed by atoms with Crippen molar-refractivity contribution in [3.63, 3.8) is 0 Å². The second-order valence-corrected chi connectivity index (χ2v) is 7.47. The second kappa shape index (κ2) is 6.98. The molecule has 0 aliphatic carbocycles. The molecule has 4 rings (SSSR count). The monoisotopic (exact) mass is 364 g/mol. The number of aromatic nitrogens is 5. The Hall–Kier alpha value is -2.96. The van der Waals surface area contributed by atoms with Crippen molar-refractivity contribution in [1.29, 1.82) is 0 Å². The average molecular weight is 364 g/mol. The summed E-state index contributed by atoms with van der Waals surface area (Å²) in [6.45, 7) is 7.52. The predicted octanol–water partition coefficient (Wildman–Crippen LogP) is 3.02. The number of nitrogens with zero attached hydrogens (tertiary/aromatic N) is 6. The molecule has 0 unspecified atom stereocenters. The molecule has 3 aromatic rings. The van der Waals surface area contributed by atoms with Crippen molar-refractivity contribution in [2.24, 2.45) is 5.92 Å². The van der Waals surface area contributed by atoms with Crippen LogP contribution in [0.2, 0.25) is 0 Å². The Balaban J connectivity index is 1.68. The lowest BCUT2D eigenvalue weighted by Gasteiger charge is -2.35. The molecule has 0 saturated heterocycles. The highest BCUT2D eigenvalue weighted by Crippen LogP contribution is 2.28. The highest BCUT2D eigenvalue weighted by atomic mass is 16.2. The van der Waals surface area contributed by atoms with Gasteiger partial charge in [0.15, 0.2) is 5.82 Å². The zero-order valence-electron chi connectivity index (χ0n) is 15.9. The topological polar surface area (TPSA) is 68.8 Å². The minimum Gasteiger partial charge on any atom is -0.329 e. The molecule has 0 saturated carbocycles.